The van der Waals surface area contributed by atoms with Crippen LogP contribution in [0, 0.1) is 0 Å². The predicted octanol–water partition coefficient (Wildman–Crippen LogP) is 1.23. The molecule has 1 fully saturated rings. The molecule has 1 aromatic heterocycles. The molecule has 1 heterocycles. The molecule has 25 heavy (non-hydrogen) atoms. The Hall–Kier alpha value is -1.66. The Balaban J connectivity index is 1.97. The first-order valence-electron chi connectivity index (χ1n) is 7.05. The lowest BCUT2D eigenvalue weighted by molar-refractivity contribution is -0.0451. The zero-order valence-corrected chi connectivity index (χ0v) is 14.4. The first kappa shape index (κ1) is 19.7. The molecule has 0 spiro atoms. The molecule has 2 N–H and O–H groups in total. The molecule has 1 unspecified atom stereocenters. The standard InChI is InChI=1S/C12H14ClF3N4O4S/c1-6(20-25(22,23)12(14,15)16)5-24-9-4-8(10(13)19-18-9)11(21)17-7-2-3-7/h4,6-7,20H,2-3,5H2,1H3,(H,17,21). The highest BCUT2D eigenvalue weighted by molar-refractivity contribution is 7.90. The fourth-order valence-corrected chi connectivity index (χ4v) is 2.57. The SMILES string of the molecule is CC(COc1cc(C(=O)NC2CC2)c(Cl)nn1)NS(=O)(=O)C(F)(F)F. The van der Waals surface area contributed by atoms with Crippen LogP contribution in [-0.2, 0) is 10.0 Å². The van der Waals surface area contributed by atoms with Gasteiger partial charge in [0, 0.05) is 12.1 Å². The van der Waals surface area contributed by atoms with E-state index >= 15 is 0 Å². The molecule has 0 aromatic carbocycles. The highest BCUT2D eigenvalue weighted by Crippen LogP contribution is 2.23. The molecule has 140 valence electrons. The van der Waals surface area contributed by atoms with E-state index in [2.05, 4.69) is 15.5 Å². The summed E-state index contributed by atoms with van der Waals surface area (Å²) in [5.41, 5.74) is -5.42. The van der Waals surface area contributed by atoms with Crippen molar-refractivity contribution in [2.75, 3.05) is 6.61 Å². The summed E-state index contributed by atoms with van der Waals surface area (Å²) in [6.45, 7) is 0.711. The molecule has 8 nitrogen and oxygen atoms in total. The number of ether oxygens (including phenoxy) is 1. The molecular weight excluding hydrogens is 389 g/mol. The van der Waals surface area contributed by atoms with Crippen LogP contribution in [0.25, 0.3) is 0 Å². The van der Waals surface area contributed by atoms with E-state index in [1.807, 2.05) is 0 Å². The summed E-state index contributed by atoms with van der Waals surface area (Å²) in [7, 11) is -5.49. The minimum absolute atomic E-state index is 0.00194. The fourth-order valence-electron chi connectivity index (χ4n) is 1.66. The van der Waals surface area contributed by atoms with Gasteiger partial charge in [-0.1, -0.05) is 11.6 Å². The Morgan fingerprint density at radius 2 is 2.08 bits per heavy atom. The summed E-state index contributed by atoms with van der Waals surface area (Å²) in [5.74, 6) is -0.651. The van der Waals surface area contributed by atoms with Gasteiger partial charge < -0.3 is 10.1 Å². The van der Waals surface area contributed by atoms with Crippen molar-refractivity contribution >= 4 is 27.5 Å². The molecule has 1 atom stereocenters. The van der Waals surface area contributed by atoms with Gasteiger partial charge in [0.1, 0.15) is 6.61 Å². The lowest BCUT2D eigenvalue weighted by atomic mass is 10.3. The van der Waals surface area contributed by atoms with Crippen LogP contribution in [-0.4, -0.2) is 48.7 Å². The van der Waals surface area contributed by atoms with E-state index in [0.29, 0.717) is 0 Å². The molecule has 0 saturated heterocycles. The minimum atomic E-state index is -5.49. The largest absolute Gasteiger partial charge is 0.511 e. The average Bonchev–Trinajstić information content (AvgIpc) is 3.28. The van der Waals surface area contributed by atoms with E-state index in [1.54, 1.807) is 0 Å². The smallest absolute Gasteiger partial charge is 0.475 e. The third kappa shape index (κ3) is 5.41. The molecule has 1 amide bonds. The van der Waals surface area contributed by atoms with Crippen molar-refractivity contribution in [2.45, 2.75) is 37.4 Å². The van der Waals surface area contributed by atoms with Crippen molar-refractivity contribution in [1.29, 1.82) is 0 Å². The number of hydrogen-bond donors (Lipinski definition) is 2. The van der Waals surface area contributed by atoms with Crippen molar-refractivity contribution in [2.24, 2.45) is 0 Å². The van der Waals surface area contributed by atoms with Gasteiger partial charge in [-0.05, 0) is 19.8 Å². The zero-order chi connectivity index (χ0) is 18.8. The van der Waals surface area contributed by atoms with E-state index < -0.39 is 34.1 Å². The van der Waals surface area contributed by atoms with Crippen molar-refractivity contribution in [3.05, 3.63) is 16.8 Å². The number of hydrogen-bond acceptors (Lipinski definition) is 6. The third-order valence-electron chi connectivity index (χ3n) is 3.03. The lowest BCUT2D eigenvalue weighted by Crippen LogP contribution is -2.43. The summed E-state index contributed by atoms with van der Waals surface area (Å²) in [6, 6.07) is 0.0589. The van der Waals surface area contributed by atoms with Gasteiger partial charge in [-0.3, -0.25) is 4.79 Å². The molecule has 2 rings (SSSR count). The predicted molar refractivity (Wildman–Crippen MR) is 80.6 cm³/mol. The number of alkyl halides is 3. The van der Waals surface area contributed by atoms with E-state index in [-0.39, 0.29) is 22.6 Å². The minimum Gasteiger partial charge on any atom is -0.475 e. The zero-order valence-electron chi connectivity index (χ0n) is 12.8. The number of rotatable bonds is 7. The van der Waals surface area contributed by atoms with Gasteiger partial charge in [0.25, 0.3) is 5.91 Å². The maximum absolute atomic E-state index is 12.3. The maximum Gasteiger partial charge on any atom is 0.511 e. The number of nitrogens with zero attached hydrogens (tertiary/aromatic N) is 2. The number of carbonyl (C=O) groups is 1. The molecule has 1 aliphatic carbocycles. The van der Waals surface area contributed by atoms with Crippen LogP contribution in [0.2, 0.25) is 5.15 Å². The molecule has 1 saturated carbocycles. The molecule has 0 radical (unpaired) electrons. The van der Waals surface area contributed by atoms with Crippen LogP contribution in [0.4, 0.5) is 13.2 Å². The van der Waals surface area contributed by atoms with Crippen LogP contribution >= 0.6 is 11.6 Å². The monoisotopic (exact) mass is 402 g/mol. The normalized spacial score (nSPS) is 16.4. The van der Waals surface area contributed by atoms with Crippen LogP contribution in [0.15, 0.2) is 6.07 Å². The van der Waals surface area contributed by atoms with Crippen LogP contribution < -0.4 is 14.8 Å². The Morgan fingerprint density at radius 3 is 2.64 bits per heavy atom. The second-order valence-corrected chi connectivity index (χ2v) is 7.48. The highest BCUT2D eigenvalue weighted by atomic mass is 35.5. The summed E-state index contributed by atoms with van der Waals surface area (Å²) < 4.78 is 65.3. The van der Waals surface area contributed by atoms with Crippen molar-refractivity contribution in [3.8, 4) is 5.88 Å². The Morgan fingerprint density at radius 1 is 1.44 bits per heavy atom. The average molecular weight is 403 g/mol. The van der Waals surface area contributed by atoms with Gasteiger partial charge in [-0.25, -0.2) is 13.1 Å². The van der Waals surface area contributed by atoms with E-state index in [1.165, 1.54) is 17.7 Å². The Kier molecular flexibility index (Phi) is 5.74. The molecular formula is C12H14ClF3N4O4S. The second kappa shape index (κ2) is 7.30. The van der Waals surface area contributed by atoms with Crippen LogP contribution in [0.3, 0.4) is 0 Å². The van der Waals surface area contributed by atoms with Gasteiger partial charge >= 0.3 is 15.5 Å². The van der Waals surface area contributed by atoms with Gasteiger partial charge in [0.2, 0.25) is 5.88 Å². The Labute approximate surface area is 146 Å². The summed E-state index contributed by atoms with van der Waals surface area (Å²) >= 11 is 5.79. The molecule has 13 heteroatoms. The Bertz CT molecular complexity index is 755. The second-order valence-electron chi connectivity index (χ2n) is 5.41. The van der Waals surface area contributed by atoms with Gasteiger partial charge in [0.05, 0.1) is 11.6 Å². The number of amides is 1. The topological polar surface area (TPSA) is 110 Å². The van der Waals surface area contributed by atoms with Crippen molar-refractivity contribution < 1.29 is 31.1 Å². The molecule has 0 aliphatic heterocycles. The number of sulfonamides is 1. The quantitative estimate of drug-likeness (QED) is 0.709. The van der Waals surface area contributed by atoms with Gasteiger partial charge in [-0.15, -0.1) is 10.2 Å². The lowest BCUT2D eigenvalue weighted by Gasteiger charge is -2.16. The fraction of sp³-hybridized carbons (Fsp3) is 0.583. The van der Waals surface area contributed by atoms with Crippen LogP contribution in [0.5, 0.6) is 5.88 Å². The van der Waals surface area contributed by atoms with E-state index in [4.69, 9.17) is 16.3 Å². The van der Waals surface area contributed by atoms with Crippen molar-refractivity contribution in [3.63, 3.8) is 0 Å². The summed E-state index contributed by atoms with van der Waals surface area (Å²) in [6.07, 6.45) is 1.73. The molecule has 1 aromatic rings. The van der Waals surface area contributed by atoms with Crippen LogP contribution in [0.1, 0.15) is 30.1 Å². The maximum atomic E-state index is 12.3. The first-order valence-corrected chi connectivity index (χ1v) is 8.91. The van der Waals surface area contributed by atoms with Crippen molar-refractivity contribution in [1.82, 2.24) is 20.2 Å². The highest BCUT2D eigenvalue weighted by Gasteiger charge is 2.46. The molecule has 1 aliphatic rings. The van der Waals surface area contributed by atoms with Gasteiger partial charge in [-0.2, -0.15) is 13.2 Å². The number of aromatic nitrogens is 2. The number of halogens is 4. The number of carbonyl (C=O) groups excluding carboxylic acids is 1. The first-order chi connectivity index (χ1) is 11.5. The summed E-state index contributed by atoms with van der Waals surface area (Å²) in [5, 5.41) is 9.61. The molecule has 0 bridgehead atoms. The van der Waals surface area contributed by atoms with E-state index in [9.17, 15) is 26.4 Å². The third-order valence-corrected chi connectivity index (χ3v) is 4.63. The van der Waals surface area contributed by atoms with E-state index in [0.717, 1.165) is 12.8 Å². The number of nitrogens with one attached hydrogen (secondary N) is 2. The van der Waals surface area contributed by atoms with Gasteiger partial charge in [0.15, 0.2) is 5.15 Å². The summed E-state index contributed by atoms with van der Waals surface area (Å²) in [4.78, 5) is 12.0.